The van der Waals surface area contributed by atoms with E-state index in [0.29, 0.717) is 6.92 Å². The second-order valence-corrected chi connectivity index (χ2v) is 5.09. The molecule has 0 bridgehead atoms. The van der Waals surface area contributed by atoms with Crippen molar-refractivity contribution in [2.24, 2.45) is 0 Å². The molecule has 0 amide bonds. The molecular weight excluding hydrogens is 181 g/mol. The molecule has 1 saturated heterocycles. The van der Waals surface area contributed by atoms with Gasteiger partial charge in [0.2, 0.25) is 0 Å². The van der Waals surface area contributed by atoms with E-state index in [9.17, 15) is 21.6 Å². The number of sulfone groups is 1. The SMILES string of the molecule is CC1(F)C(F)(F)CCS1(=O)=O. The Balaban J connectivity index is 3.21. The Hall–Kier alpha value is -0.260. The fourth-order valence-corrected chi connectivity index (χ4v) is 2.37. The lowest BCUT2D eigenvalue weighted by molar-refractivity contribution is -0.0776. The van der Waals surface area contributed by atoms with Crippen LogP contribution in [-0.4, -0.2) is 25.1 Å². The molecule has 1 fully saturated rings. The maximum absolute atomic E-state index is 12.8. The summed E-state index contributed by atoms with van der Waals surface area (Å²) in [5.41, 5.74) is 0. The first-order valence-corrected chi connectivity index (χ1v) is 4.65. The van der Waals surface area contributed by atoms with Crippen LogP contribution >= 0.6 is 0 Å². The van der Waals surface area contributed by atoms with Gasteiger partial charge in [-0.25, -0.2) is 21.6 Å². The molecule has 0 spiro atoms. The van der Waals surface area contributed by atoms with Crippen molar-refractivity contribution >= 4 is 9.84 Å². The summed E-state index contributed by atoms with van der Waals surface area (Å²) in [6.07, 6.45) is -0.914. The third-order valence-electron chi connectivity index (χ3n) is 1.92. The smallest absolute Gasteiger partial charge is 0.225 e. The van der Waals surface area contributed by atoms with Gasteiger partial charge in [-0.2, -0.15) is 0 Å². The van der Waals surface area contributed by atoms with Crippen LogP contribution in [-0.2, 0) is 9.84 Å². The summed E-state index contributed by atoms with van der Waals surface area (Å²) in [6, 6.07) is 0. The lowest BCUT2D eigenvalue weighted by Gasteiger charge is -2.19. The fraction of sp³-hybridized carbons (Fsp3) is 1.00. The molecule has 6 heteroatoms. The Kier molecular flexibility index (Phi) is 1.53. The van der Waals surface area contributed by atoms with E-state index < -0.39 is 32.9 Å². The Morgan fingerprint density at radius 2 is 1.73 bits per heavy atom. The highest BCUT2D eigenvalue weighted by atomic mass is 32.2. The molecule has 0 radical (unpaired) electrons. The van der Waals surface area contributed by atoms with E-state index in [4.69, 9.17) is 0 Å². The molecule has 1 rings (SSSR count). The van der Waals surface area contributed by atoms with Gasteiger partial charge < -0.3 is 0 Å². The maximum atomic E-state index is 12.8. The van der Waals surface area contributed by atoms with E-state index in [1.54, 1.807) is 0 Å². The van der Waals surface area contributed by atoms with E-state index in [-0.39, 0.29) is 0 Å². The van der Waals surface area contributed by atoms with Crippen molar-refractivity contribution in [3.05, 3.63) is 0 Å². The summed E-state index contributed by atoms with van der Waals surface area (Å²) in [5, 5.41) is -3.38. The average molecular weight is 188 g/mol. The molecule has 66 valence electrons. The zero-order valence-electron chi connectivity index (χ0n) is 5.77. The van der Waals surface area contributed by atoms with Crippen molar-refractivity contribution in [3.63, 3.8) is 0 Å². The number of hydrogen-bond donors (Lipinski definition) is 0. The minimum atomic E-state index is -4.25. The fourth-order valence-electron chi connectivity index (χ4n) is 0.905. The minimum absolute atomic E-state index is 0.412. The third-order valence-corrected chi connectivity index (χ3v) is 4.13. The van der Waals surface area contributed by atoms with Gasteiger partial charge in [0.15, 0.2) is 9.84 Å². The maximum Gasteiger partial charge on any atom is 0.296 e. The Morgan fingerprint density at radius 1 is 1.27 bits per heavy atom. The first-order chi connectivity index (χ1) is 4.71. The van der Waals surface area contributed by atoms with Crippen LogP contribution in [0.3, 0.4) is 0 Å². The Bertz CT molecular complexity index is 267. The lowest BCUT2D eigenvalue weighted by atomic mass is 10.2. The second kappa shape index (κ2) is 1.91. The van der Waals surface area contributed by atoms with Crippen LogP contribution in [0.5, 0.6) is 0 Å². The predicted octanol–water partition coefficient (Wildman–Crippen LogP) is 1.13. The largest absolute Gasteiger partial charge is 0.296 e. The zero-order valence-corrected chi connectivity index (χ0v) is 6.59. The van der Waals surface area contributed by atoms with Gasteiger partial charge in [0, 0.05) is 6.42 Å². The highest BCUT2D eigenvalue weighted by Crippen LogP contribution is 2.45. The Morgan fingerprint density at radius 3 is 1.82 bits per heavy atom. The molecule has 11 heavy (non-hydrogen) atoms. The summed E-state index contributed by atoms with van der Waals surface area (Å²) >= 11 is 0. The normalized spacial score (nSPS) is 40.7. The first kappa shape index (κ1) is 8.83. The predicted molar refractivity (Wildman–Crippen MR) is 32.9 cm³/mol. The molecule has 0 aromatic rings. The van der Waals surface area contributed by atoms with Crippen molar-refractivity contribution in [2.45, 2.75) is 24.3 Å². The molecule has 2 nitrogen and oxygen atoms in total. The molecule has 1 heterocycles. The zero-order chi connectivity index (χ0) is 8.91. The van der Waals surface area contributed by atoms with Crippen LogP contribution in [0.2, 0.25) is 0 Å². The average Bonchev–Trinajstić information content (AvgIpc) is 1.93. The third kappa shape index (κ3) is 0.953. The van der Waals surface area contributed by atoms with Crippen LogP contribution in [0.1, 0.15) is 13.3 Å². The Labute approximate surface area is 62.3 Å². The minimum Gasteiger partial charge on any atom is -0.225 e. The summed E-state index contributed by atoms with van der Waals surface area (Å²) in [7, 11) is -4.25. The molecule has 1 unspecified atom stereocenters. The van der Waals surface area contributed by atoms with Gasteiger partial charge in [-0.05, 0) is 6.92 Å². The standard InChI is InChI=1S/C5H7F3O2S/c1-4(6)5(7,8)2-3-11(4,9)10/h2-3H2,1H3. The molecule has 0 N–H and O–H groups in total. The number of halogens is 3. The molecule has 1 aliphatic rings. The van der Waals surface area contributed by atoms with Crippen molar-refractivity contribution < 1.29 is 21.6 Å². The molecular formula is C5H7F3O2S. The van der Waals surface area contributed by atoms with Crippen molar-refractivity contribution in [3.8, 4) is 0 Å². The van der Waals surface area contributed by atoms with E-state index in [1.807, 2.05) is 0 Å². The van der Waals surface area contributed by atoms with Gasteiger partial charge in [-0.3, -0.25) is 0 Å². The number of rotatable bonds is 0. The van der Waals surface area contributed by atoms with E-state index in [1.165, 1.54) is 0 Å². The number of alkyl halides is 3. The van der Waals surface area contributed by atoms with Gasteiger partial charge >= 0.3 is 0 Å². The van der Waals surface area contributed by atoms with Crippen LogP contribution in [0, 0.1) is 0 Å². The van der Waals surface area contributed by atoms with Gasteiger partial charge in [-0.15, -0.1) is 0 Å². The van der Waals surface area contributed by atoms with Crippen molar-refractivity contribution in [1.29, 1.82) is 0 Å². The van der Waals surface area contributed by atoms with Crippen molar-refractivity contribution in [1.82, 2.24) is 0 Å². The highest BCUT2D eigenvalue weighted by molar-refractivity contribution is 7.92. The van der Waals surface area contributed by atoms with Gasteiger partial charge in [-0.1, -0.05) is 0 Å². The van der Waals surface area contributed by atoms with Crippen LogP contribution in [0.25, 0.3) is 0 Å². The first-order valence-electron chi connectivity index (χ1n) is 3.00. The second-order valence-electron chi connectivity index (χ2n) is 2.69. The summed E-state index contributed by atoms with van der Waals surface area (Å²) < 4.78 is 59.0. The van der Waals surface area contributed by atoms with Crippen LogP contribution < -0.4 is 0 Å². The molecule has 0 aliphatic carbocycles. The van der Waals surface area contributed by atoms with Gasteiger partial charge in [0.1, 0.15) is 0 Å². The molecule has 0 aromatic heterocycles. The molecule has 1 atom stereocenters. The monoisotopic (exact) mass is 188 g/mol. The number of hydrogen-bond acceptors (Lipinski definition) is 2. The lowest BCUT2D eigenvalue weighted by Crippen LogP contribution is -2.40. The quantitative estimate of drug-likeness (QED) is 0.571. The van der Waals surface area contributed by atoms with Gasteiger partial charge in [0.05, 0.1) is 5.75 Å². The highest BCUT2D eigenvalue weighted by Gasteiger charge is 2.65. The topological polar surface area (TPSA) is 34.1 Å². The van der Waals surface area contributed by atoms with Crippen LogP contribution in [0.4, 0.5) is 13.2 Å². The van der Waals surface area contributed by atoms with E-state index >= 15 is 0 Å². The molecule has 0 aromatic carbocycles. The summed E-state index contributed by atoms with van der Waals surface area (Å²) in [5.74, 6) is -4.50. The summed E-state index contributed by atoms with van der Waals surface area (Å²) in [6.45, 7) is 0.412. The molecule has 0 saturated carbocycles. The summed E-state index contributed by atoms with van der Waals surface area (Å²) in [4.78, 5) is 0. The van der Waals surface area contributed by atoms with Gasteiger partial charge in [0.25, 0.3) is 10.9 Å². The molecule has 1 aliphatic heterocycles. The van der Waals surface area contributed by atoms with E-state index in [0.717, 1.165) is 0 Å². The van der Waals surface area contributed by atoms with Crippen LogP contribution in [0.15, 0.2) is 0 Å². The van der Waals surface area contributed by atoms with E-state index in [2.05, 4.69) is 0 Å². The van der Waals surface area contributed by atoms with Crippen molar-refractivity contribution in [2.75, 3.05) is 5.75 Å².